The van der Waals surface area contributed by atoms with Crippen LogP contribution >= 0.6 is 0 Å². The lowest BCUT2D eigenvalue weighted by Crippen LogP contribution is -2.04. The molecule has 5 heteroatoms. The van der Waals surface area contributed by atoms with Crippen molar-refractivity contribution in [3.05, 3.63) is 41.2 Å². The first-order chi connectivity index (χ1) is 8.58. The summed E-state index contributed by atoms with van der Waals surface area (Å²) >= 11 is 0. The zero-order valence-corrected chi connectivity index (χ0v) is 10.4. The van der Waals surface area contributed by atoms with Crippen LogP contribution in [0.2, 0.25) is 0 Å². The summed E-state index contributed by atoms with van der Waals surface area (Å²) in [7, 11) is 0. The average Bonchev–Trinajstić information content (AvgIpc) is 2.73. The normalized spacial score (nSPS) is 10.3. The Morgan fingerprint density at radius 3 is 2.89 bits per heavy atom. The monoisotopic (exact) mass is 244 g/mol. The third-order valence-corrected chi connectivity index (χ3v) is 2.85. The summed E-state index contributed by atoms with van der Waals surface area (Å²) < 4.78 is 0. The largest absolute Gasteiger partial charge is 0.398 e. The van der Waals surface area contributed by atoms with Crippen LogP contribution in [0.1, 0.15) is 28.5 Å². The number of rotatable bonds is 4. The standard InChI is InChI=1S/C13H16N4O/c1-8-10(7-16-17-8)6-15-11-3-4-13(14)12(5-11)9(2)18/h3-5,7,15H,6,14H2,1-2H3,(H,16,17). The fraction of sp³-hybridized carbons (Fsp3) is 0.231. The lowest BCUT2D eigenvalue weighted by molar-refractivity contribution is 0.101. The van der Waals surface area contributed by atoms with Gasteiger partial charge >= 0.3 is 0 Å². The van der Waals surface area contributed by atoms with Gasteiger partial charge in [0.25, 0.3) is 0 Å². The number of aryl methyl sites for hydroxylation is 1. The fourth-order valence-electron chi connectivity index (χ4n) is 1.72. The first-order valence-corrected chi connectivity index (χ1v) is 5.71. The molecule has 0 saturated carbocycles. The summed E-state index contributed by atoms with van der Waals surface area (Å²) in [6, 6.07) is 5.37. The summed E-state index contributed by atoms with van der Waals surface area (Å²) in [6.45, 7) is 4.13. The molecule has 1 aromatic carbocycles. The van der Waals surface area contributed by atoms with Gasteiger partial charge in [0.05, 0.1) is 6.20 Å². The predicted molar refractivity (Wildman–Crippen MR) is 71.5 cm³/mol. The molecule has 1 heterocycles. The van der Waals surface area contributed by atoms with E-state index in [9.17, 15) is 4.79 Å². The van der Waals surface area contributed by atoms with Crippen molar-refractivity contribution in [3.63, 3.8) is 0 Å². The molecule has 0 aliphatic rings. The van der Waals surface area contributed by atoms with E-state index in [2.05, 4.69) is 15.5 Å². The summed E-state index contributed by atoms with van der Waals surface area (Å²) in [4.78, 5) is 11.4. The Morgan fingerprint density at radius 2 is 2.28 bits per heavy atom. The van der Waals surface area contributed by atoms with Crippen LogP contribution < -0.4 is 11.1 Å². The van der Waals surface area contributed by atoms with E-state index in [1.165, 1.54) is 6.92 Å². The first kappa shape index (κ1) is 12.2. The van der Waals surface area contributed by atoms with E-state index in [1.54, 1.807) is 18.3 Å². The van der Waals surface area contributed by atoms with Gasteiger partial charge in [-0.2, -0.15) is 5.10 Å². The zero-order valence-electron chi connectivity index (χ0n) is 10.4. The van der Waals surface area contributed by atoms with E-state index in [0.29, 0.717) is 17.8 Å². The number of Topliss-reactive ketones (excluding diaryl/α,β-unsaturated/α-hetero) is 1. The lowest BCUT2D eigenvalue weighted by atomic mass is 10.1. The third-order valence-electron chi connectivity index (χ3n) is 2.85. The molecule has 0 radical (unpaired) electrons. The van der Waals surface area contributed by atoms with Gasteiger partial charge in [0.15, 0.2) is 5.78 Å². The van der Waals surface area contributed by atoms with E-state index in [0.717, 1.165) is 16.9 Å². The molecule has 2 rings (SSSR count). The second-order valence-electron chi connectivity index (χ2n) is 4.23. The molecule has 0 fully saturated rings. The van der Waals surface area contributed by atoms with Crippen LogP contribution in [0.15, 0.2) is 24.4 Å². The molecule has 0 saturated heterocycles. The Hall–Kier alpha value is -2.30. The van der Waals surface area contributed by atoms with Crippen molar-refractivity contribution in [2.45, 2.75) is 20.4 Å². The quantitative estimate of drug-likeness (QED) is 0.568. The van der Waals surface area contributed by atoms with Crippen molar-refractivity contribution >= 4 is 17.2 Å². The Bertz CT molecular complexity index is 574. The van der Waals surface area contributed by atoms with Crippen LogP contribution in [0.4, 0.5) is 11.4 Å². The van der Waals surface area contributed by atoms with Crippen LogP contribution in [0.3, 0.4) is 0 Å². The zero-order chi connectivity index (χ0) is 13.1. The second kappa shape index (κ2) is 4.91. The van der Waals surface area contributed by atoms with Gasteiger partial charge in [-0.3, -0.25) is 9.89 Å². The molecule has 1 aromatic heterocycles. The lowest BCUT2D eigenvalue weighted by Gasteiger charge is -2.08. The van der Waals surface area contributed by atoms with E-state index in [4.69, 9.17) is 5.73 Å². The van der Waals surface area contributed by atoms with Gasteiger partial charge in [-0.25, -0.2) is 0 Å². The van der Waals surface area contributed by atoms with Gasteiger partial charge in [-0.15, -0.1) is 0 Å². The molecular weight excluding hydrogens is 228 g/mol. The van der Waals surface area contributed by atoms with Crippen molar-refractivity contribution in [3.8, 4) is 0 Å². The molecule has 0 aliphatic heterocycles. The Balaban J connectivity index is 2.13. The van der Waals surface area contributed by atoms with Gasteiger partial charge in [-0.05, 0) is 32.0 Å². The van der Waals surface area contributed by atoms with E-state index in [-0.39, 0.29) is 5.78 Å². The molecule has 0 atom stereocenters. The molecule has 18 heavy (non-hydrogen) atoms. The number of ketones is 1. The number of aromatic amines is 1. The van der Waals surface area contributed by atoms with Crippen molar-refractivity contribution in [1.82, 2.24) is 10.2 Å². The molecule has 0 unspecified atom stereocenters. The van der Waals surface area contributed by atoms with E-state index in [1.807, 2.05) is 13.0 Å². The van der Waals surface area contributed by atoms with Crippen molar-refractivity contribution < 1.29 is 4.79 Å². The molecule has 4 N–H and O–H groups in total. The molecule has 0 amide bonds. The smallest absolute Gasteiger partial charge is 0.161 e. The number of benzene rings is 1. The Morgan fingerprint density at radius 1 is 1.50 bits per heavy atom. The maximum Gasteiger partial charge on any atom is 0.161 e. The van der Waals surface area contributed by atoms with Gasteiger partial charge in [0, 0.05) is 34.7 Å². The molecule has 0 spiro atoms. The topological polar surface area (TPSA) is 83.8 Å². The number of hydrogen-bond donors (Lipinski definition) is 3. The fourth-order valence-corrected chi connectivity index (χ4v) is 1.72. The summed E-state index contributed by atoms with van der Waals surface area (Å²) in [5, 5.41) is 10.1. The molecule has 5 nitrogen and oxygen atoms in total. The van der Waals surface area contributed by atoms with Crippen molar-refractivity contribution in [1.29, 1.82) is 0 Å². The van der Waals surface area contributed by atoms with Crippen LogP contribution in [0, 0.1) is 6.92 Å². The molecular formula is C13H16N4O. The number of hydrogen-bond acceptors (Lipinski definition) is 4. The second-order valence-corrected chi connectivity index (χ2v) is 4.23. The van der Waals surface area contributed by atoms with Crippen LogP contribution in [-0.2, 0) is 6.54 Å². The molecule has 0 bridgehead atoms. The number of nitrogens with zero attached hydrogens (tertiary/aromatic N) is 1. The summed E-state index contributed by atoms with van der Waals surface area (Å²) in [5.41, 5.74) is 9.79. The molecule has 0 aliphatic carbocycles. The number of anilines is 2. The molecule has 94 valence electrons. The van der Waals surface area contributed by atoms with Crippen LogP contribution in [0.25, 0.3) is 0 Å². The van der Waals surface area contributed by atoms with Crippen LogP contribution in [0.5, 0.6) is 0 Å². The van der Waals surface area contributed by atoms with Gasteiger partial charge < -0.3 is 11.1 Å². The Kier molecular flexibility index (Phi) is 3.32. The minimum absolute atomic E-state index is 0.0318. The number of nitrogen functional groups attached to an aromatic ring is 1. The minimum Gasteiger partial charge on any atom is -0.398 e. The maximum absolute atomic E-state index is 11.4. The molecule has 2 aromatic rings. The van der Waals surface area contributed by atoms with E-state index >= 15 is 0 Å². The highest BCUT2D eigenvalue weighted by Crippen LogP contribution is 2.19. The minimum atomic E-state index is -0.0318. The number of H-pyrrole nitrogens is 1. The maximum atomic E-state index is 11.4. The number of carbonyl (C=O) groups excluding carboxylic acids is 1. The van der Waals surface area contributed by atoms with Crippen molar-refractivity contribution in [2.75, 3.05) is 11.1 Å². The third kappa shape index (κ3) is 2.51. The number of nitrogens with one attached hydrogen (secondary N) is 2. The average molecular weight is 244 g/mol. The number of aromatic nitrogens is 2. The predicted octanol–water partition coefficient (Wildman–Crippen LogP) is 2.12. The SMILES string of the molecule is CC(=O)c1cc(NCc2cn[nH]c2C)ccc1N. The van der Waals surface area contributed by atoms with Gasteiger partial charge in [-0.1, -0.05) is 0 Å². The van der Waals surface area contributed by atoms with Crippen LogP contribution in [-0.4, -0.2) is 16.0 Å². The number of nitrogens with two attached hydrogens (primary N) is 1. The highest BCUT2D eigenvalue weighted by molar-refractivity contribution is 5.99. The van der Waals surface area contributed by atoms with Gasteiger partial charge in [0.1, 0.15) is 0 Å². The highest BCUT2D eigenvalue weighted by atomic mass is 16.1. The highest BCUT2D eigenvalue weighted by Gasteiger charge is 2.06. The summed E-state index contributed by atoms with van der Waals surface area (Å²) in [5.74, 6) is -0.0318. The number of carbonyl (C=O) groups is 1. The van der Waals surface area contributed by atoms with E-state index < -0.39 is 0 Å². The van der Waals surface area contributed by atoms with Gasteiger partial charge in [0.2, 0.25) is 0 Å². The van der Waals surface area contributed by atoms with Crippen molar-refractivity contribution in [2.24, 2.45) is 0 Å². The Labute approximate surface area is 105 Å². The summed E-state index contributed by atoms with van der Waals surface area (Å²) in [6.07, 6.45) is 1.78. The first-order valence-electron chi connectivity index (χ1n) is 5.71.